The summed E-state index contributed by atoms with van der Waals surface area (Å²) in [6.07, 6.45) is 2.96. The first-order valence-electron chi connectivity index (χ1n) is 12.2. The second-order valence-corrected chi connectivity index (χ2v) is 12.6. The Morgan fingerprint density at radius 3 is 2.69 bits per heavy atom. The van der Waals surface area contributed by atoms with Crippen molar-refractivity contribution in [1.82, 2.24) is 15.2 Å². The molecule has 4 heterocycles. The Hall–Kier alpha value is -2.10. The van der Waals surface area contributed by atoms with E-state index in [9.17, 15) is 9.59 Å². The Bertz CT molecular complexity index is 1050. The van der Waals surface area contributed by atoms with Gasteiger partial charge in [-0.25, -0.2) is 4.79 Å². The Labute approximate surface area is 216 Å². The molecule has 2 aromatic rings. The molecule has 35 heavy (non-hydrogen) atoms. The Balaban J connectivity index is 1.43. The molecule has 0 radical (unpaired) electrons. The average Bonchev–Trinajstić information content (AvgIpc) is 3.28. The molecule has 0 bridgehead atoms. The minimum Gasteiger partial charge on any atom is -0.444 e. The van der Waals surface area contributed by atoms with Crippen LogP contribution in [0.25, 0.3) is 0 Å². The highest BCUT2D eigenvalue weighted by Crippen LogP contribution is 2.48. The molecule has 0 saturated carbocycles. The van der Waals surface area contributed by atoms with E-state index in [0.717, 1.165) is 21.2 Å². The van der Waals surface area contributed by atoms with Gasteiger partial charge in [0.05, 0.1) is 23.7 Å². The van der Waals surface area contributed by atoms with Crippen molar-refractivity contribution in [3.63, 3.8) is 0 Å². The molecule has 2 amide bonds. The van der Waals surface area contributed by atoms with Gasteiger partial charge in [0.25, 0.3) is 5.91 Å². The molecule has 9 heteroatoms. The van der Waals surface area contributed by atoms with Gasteiger partial charge in [-0.15, -0.1) is 23.1 Å². The maximum Gasteiger partial charge on any atom is 0.410 e. The molecule has 1 atom stereocenters. The van der Waals surface area contributed by atoms with Crippen LogP contribution in [0.1, 0.15) is 79.2 Å². The SMILES string of the molecule is CCSc1ccc(CNC(=O)c2cc3c(s2)C2(CCN(C(=O)OC(C)(C)C)CC2)OCC3C)nc1. The number of hydrogen-bond donors (Lipinski definition) is 1. The molecular formula is C26H35N3O4S2. The predicted molar refractivity (Wildman–Crippen MR) is 139 cm³/mol. The topological polar surface area (TPSA) is 80.8 Å². The molecule has 1 saturated heterocycles. The molecular weight excluding hydrogens is 482 g/mol. The molecule has 1 N–H and O–H groups in total. The fraction of sp³-hybridized carbons (Fsp3) is 0.577. The maximum atomic E-state index is 13.0. The number of carbonyl (C=O) groups excluding carboxylic acids is 2. The highest BCUT2D eigenvalue weighted by Gasteiger charge is 2.45. The molecule has 1 spiro atoms. The molecule has 0 aliphatic carbocycles. The zero-order valence-electron chi connectivity index (χ0n) is 21.2. The number of pyridine rings is 1. The summed E-state index contributed by atoms with van der Waals surface area (Å²) in [5.41, 5.74) is 1.06. The second-order valence-electron chi connectivity index (χ2n) is 10.2. The highest BCUT2D eigenvalue weighted by molar-refractivity contribution is 7.99. The van der Waals surface area contributed by atoms with E-state index in [1.807, 2.05) is 45.2 Å². The summed E-state index contributed by atoms with van der Waals surface area (Å²) in [6.45, 7) is 12.0. The van der Waals surface area contributed by atoms with Gasteiger partial charge in [0.1, 0.15) is 11.2 Å². The molecule has 1 fully saturated rings. The first-order chi connectivity index (χ1) is 16.6. The van der Waals surface area contributed by atoms with Crippen LogP contribution in [0.4, 0.5) is 4.79 Å². The number of rotatable bonds is 5. The third-order valence-corrected chi connectivity index (χ3v) is 8.50. The summed E-state index contributed by atoms with van der Waals surface area (Å²) in [7, 11) is 0. The maximum absolute atomic E-state index is 13.0. The molecule has 7 nitrogen and oxygen atoms in total. The lowest BCUT2D eigenvalue weighted by Crippen LogP contribution is -2.49. The number of hydrogen-bond acceptors (Lipinski definition) is 7. The summed E-state index contributed by atoms with van der Waals surface area (Å²) in [5, 5.41) is 3.02. The Kier molecular flexibility index (Phi) is 7.78. The summed E-state index contributed by atoms with van der Waals surface area (Å²) in [5.74, 6) is 1.14. The number of fused-ring (bicyclic) bond motifs is 2. The van der Waals surface area contributed by atoms with E-state index in [1.54, 1.807) is 16.7 Å². The van der Waals surface area contributed by atoms with Crippen molar-refractivity contribution < 1.29 is 19.1 Å². The first kappa shape index (κ1) is 26.0. The van der Waals surface area contributed by atoms with Gasteiger partial charge in [-0.1, -0.05) is 13.8 Å². The number of carbonyl (C=O) groups is 2. The number of thiophene rings is 1. The van der Waals surface area contributed by atoms with E-state index in [2.05, 4.69) is 24.1 Å². The number of thioether (sulfide) groups is 1. The van der Waals surface area contributed by atoms with Gasteiger partial charge in [-0.3, -0.25) is 9.78 Å². The lowest BCUT2D eigenvalue weighted by Gasteiger charge is -2.45. The van der Waals surface area contributed by atoms with Crippen molar-refractivity contribution >= 4 is 35.1 Å². The van der Waals surface area contributed by atoms with Crippen LogP contribution in [0.2, 0.25) is 0 Å². The van der Waals surface area contributed by atoms with Crippen molar-refractivity contribution in [2.75, 3.05) is 25.4 Å². The minimum atomic E-state index is -0.516. The zero-order valence-corrected chi connectivity index (χ0v) is 22.8. The van der Waals surface area contributed by atoms with E-state index in [0.29, 0.717) is 44.0 Å². The van der Waals surface area contributed by atoms with Crippen molar-refractivity contribution in [2.24, 2.45) is 0 Å². The van der Waals surface area contributed by atoms with Gasteiger partial charge in [0.2, 0.25) is 0 Å². The van der Waals surface area contributed by atoms with Crippen LogP contribution < -0.4 is 5.32 Å². The van der Waals surface area contributed by atoms with Gasteiger partial charge in [-0.2, -0.15) is 0 Å². The van der Waals surface area contributed by atoms with Crippen molar-refractivity contribution in [1.29, 1.82) is 0 Å². The van der Waals surface area contributed by atoms with E-state index in [4.69, 9.17) is 9.47 Å². The Morgan fingerprint density at radius 1 is 1.31 bits per heavy atom. The van der Waals surface area contributed by atoms with Gasteiger partial charge < -0.3 is 19.7 Å². The zero-order chi connectivity index (χ0) is 25.2. The molecule has 190 valence electrons. The molecule has 2 aliphatic rings. The van der Waals surface area contributed by atoms with E-state index >= 15 is 0 Å². The van der Waals surface area contributed by atoms with Crippen LogP contribution in [-0.4, -0.2) is 52.9 Å². The van der Waals surface area contributed by atoms with E-state index in [-0.39, 0.29) is 17.9 Å². The van der Waals surface area contributed by atoms with Gasteiger partial charge in [-0.05, 0) is 63.1 Å². The number of piperidine rings is 1. The molecule has 2 aromatic heterocycles. The minimum absolute atomic E-state index is 0.0910. The van der Waals surface area contributed by atoms with Crippen LogP contribution in [0.5, 0.6) is 0 Å². The standard InChI is InChI=1S/C26H35N3O4S2/c1-6-34-19-8-7-18(27-15-19)14-28-23(30)21-13-20-17(2)16-32-26(22(20)35-21)9-11-29(12-10-26)24(31)33-25(3,4)5/h7-8,13,15,17H,6,9-12,14,16H2,1-5H3,(H,28,30). The average molecular weight is 518 g/mol. The fourth-order valence-electron chi connectivity index (χ4n) is 4.45. The summed E-state index contributed by atoms with van der Waals surface area (Å²) >= 11 is 3.27. The monoisotopic (exact) mass is 517 g/mol. The quantitative estimate of drug-likeness (QED) is 0.524. The number of nitrogens with zero attached hydrogens (tertiary/aromatic N) is 2. The predicted octanol–water partition coefficient (Wildman–Crippen LogP) is 5.55. The van der Waals surface area contributed by atoms with Gasteiger partial charge in [0.15, 0.2) is 0 Å². The number of ether oxygens (including phenoxy) is 2. The largest absolute Gasteiger partial charge is 0.444 e. The molecule has 4 rings (SSSR count). The number of likely N-dealkylation sites (tertiary alicyclic amines) is 1. The number of nitrogens with one attached hydrogen (secondary N) is 1. The van der Waals surface area contributed by atoms with Crippen molar-refractivity contribution in [3.05, 3.63) is 45.4 Å². The van der Waals surface area contributed by atoms with Gasteiger partial charge >= 0.3 is 6.09 Å². The second kappa shape index (κ2) is 10.5. The lowest BCUT2D eigenvalue weighted by atomic mass is 9.82. The summed E-state index contributed by atoms with van der Waals surface area (Å²) < 4.78 is 12.0. The van der Waals surface area contributed by atoms with Crippen LogP contribution >= 0.6 is 23.1 Å². The lowest BCUT2D eigenvalue weighted by molar-refractivity contribution is -0.101. The molecule has 2 aliphatic heterocycles. The summed E-state index contributed by atoms with van der Waals surface area (Å²) in [4.78, 5) is 34.7. The highest BCUT2D eigenvalue weighted by atomic mass is 32.2. The molecule has 0 aromatic carbocycles. The third kappa shape index (κ3) is 6.01. The normalized spacial score (nSPS) is 19.3. The van der Waals surface area contributed by atoms with Crippen LogP contribution in [0.15, 0.2) is 29.3 Å². The smallest absolute Gasteiger partial charge is 0.410 e. The van der Waals surface area contributed by atoms with Crippen LogP contribution in [0, 0.1) is 0 Å². The van der Waals surface area contributed by atoms with E-state index < -0.39 is 11.2 Å². The number of aromatic nitrogens is 1. The Morgan fingerprint density at radius 2 is 2.06 bits per heavy atom. The summed E-state index contributed by atoms with van der Waals surface area (Å²) in [6, 6.07) is 6.03. The first-order valence-corrected chi connectivity index (χ1v) is 14.0. The van der Waals surface area contributed by atoms with Crippen molar-refractivity contribution in [2.45, 2.75) is 76.0 Å². The van der Waals surface area contributed by atoms with Crippen LogP contribution in [-0.2, 0) is 21.6 Å². The van der Waals surface area contributed by atoms with Gasteiger partial charge in [0, 0.05) is 35.0 Å². The third-order valence-electron chi connectivity index (χ3n) is 6.30. The number of amides is 2. The van der Waals surface area contributed by atoms with Crippen molar-refractivity contribution in [3.8, 4) is 0 Å². The molecule has 1 unspecified atom stereocenters. The van der Waals surface area contributed by atoms with E-state index in [1.165, 1.54) is 16.9 Å². The van der Waals surface area contributed by atoms with Crippen LogP contribution in [0.3, 0.4) is 0 Å². The fourth-order valence-corrected chi connectivity index (χ4v) is 6.48.